The molecule has 7 nitrogen and oxygen atoms in total. The molecule has 2 N–H and O–H groups in total. The summed E-state index contributed by atoms with van der Waals surface area (Å²) in [5, 5.41) is 39.8. The van der Waals surface area contributed by atoms with E-state index in [1.165, 1.54) is 0 Å². The second-order valence-electron chi connectivity index (χ2n) is 3.53. The third-order valence-corrected chi connectivity index (χ3v) is 2.31. The first-order valence-electron chi connectivity index (χ1n) is 4.68. The van der Waals surface area contributed by atoms with Gasteiger partial charge < -0.3 is 34.8 Å². The van der Waals surface area contributed by atoms with Gasteiger partial charge >= 0.3 is 59.1 Å². The molecular formula is C10H10Na2O7. The Morgan fingerprint density at radius 2 is 1.84 bits per heavy atom. The molecule has 1 aliphatic rings. The van der Waals surface area contributed by atoms with Crippen molar-refractivity contribution in [1.29, 1.82) is 0 Å². The van der Waals surface area contributed by atoms with Crippen LogP contribution in [-0.4, -0.2) is 40.5 Å². The molecule has 0 aromatic heterocycles. The van der Waals surface area contributed by atoms with Gasteiger partial charge in [0.25, 0.3) is 0 Å². The average molecular weight is 288 g/mol. The van der Waals surface area contributed by atoms with Crippen LogP contribution in [0.1, 0.15) is 6.42 Å². The number of carboxylic acids is 2. The molecule has 0 bridgehead atoms. The molecule has 0 unspecified atom stereocenters. The maximum atomic E-state index is 10.6. The van der Waals surface area contributed by atoms with Crippen LogP contribution < -0.4 is 69.3 Å². The summed E-state index contributed by atoms with van der Waals surface area (Å²) in [6.45, 7) is 3.02. The number of hydrogen-bond donors (Lipinski definition) is 2. The number of aliphatic hydroxyl groups excluding tert-OH is 2. The van der Waals surface area contributed by atoms with Crippen molar-refractivity contribution in [1.82, 2.24) is 0 Å². The van der Waals surface area contributed by atoms with Gasteiger partial charge in [0.1, 0.15) is 30.0 Å². The number of carbonyl (C=O) groups is 2. The van der Waals surface area contributed by atoms with Crippen molar-refractivity contribution in [2.75, 3.05) is 0 Å². The fourth-order valence-electron chi connectivity index (χ4n) is 1.42. The van der Waals surface area contributed by atoms with Gasteiger partial charge in [0.15, 0.2) is 0 Å². The largest absolute Gasteiger partial charge is 1.00 e. The summed E-state index contributed by atoms with van der Waals surface area (Å²) < 4.78 is 4.72. The number of aliphatic hydroxyl groups is 2. The average Bonchev–Trinajstić information content (AvgIpc) is 2.23. The van der Waals surface area contributed by atoms with Crippen molar-refractivity contribution < 1.29 is 93.9 Å². The Balaban J connectivity index is 0. The fraction of sp³-hybridized carbons (Fsp3) is 0.400. The van der Waals surface area contributed by atoms with Crippen LogP contribution in [0.2, 0.25) is 0 Å². The first-order valence-corrected chi connectivity index (χ1v) is 4.68. The van der Waals surface area contributed by atoms with Crippen LogP contribution in [0.5, 0.6) is 0 Å². The van der Waals surface area contributed by atoms with Crippen LogP contribution in [0.4, 0.5) is 0 Å². The van der Waals surface area contributed by atoms with E-state index in [2.05, 4.69) is 6.58 Å². The van der Waals surface area contributed by atoms with E-state index in [0.717, 1.165) is 6.08 Å². The van der Waals surface area contributed by atoms with E-state index >= 15 is 0 Å². The molecule has 1 aliphatic carbocycles. The maximum absolute atomic E-state index is 10.6. The zero-order valence-corrected chi connectivity index (χ0v) is 14.7. The Morgan fingerprint density at radius 1 is 1.32 bits per heavy atom. The number of rotatable bonds is 4. The number of ether oxygens (including phenoxy) is 1. The van der Waals surface area contributed by atoms with Crippen LogP contribution in [0.15, 0.2) is 24.0 Å². The van der Waals surface area contributed by atoms with Gasteiger partial charge in [-0.1, -0.05) is 6.58 Å². The summed E-state index contributed by atoms with van der Waals surface area (Å²) in [6, 6.07) is 0. The van der Waals surface area contributed by atoms with Crippen LogP contribution in [0.25, 0.3) is 0 Å². The minimum Gasteiger partial charge on any atom is -0.545 e. The van der Waals surface area contributed by atoms with Crippen LogP contribution in [0, 0.1) is 0 Å². The molecule has 0 saturated heterocycles. The SMILES string of the molecule is C=C(O[C@@H]1CC(C(=O)[O-])=C[C@@H](O)[C@H]1O)C(=O)[O-].[Na+].[Na+]. The second kappa shape index (κ2) is 9.15. The topological polar surface area (TPSA) is 130 Å². The van der Waals surface area contributed by atoms with Crippen molar-refractivity contribution in [3.8, 4) is 0 Å². The molecule has 0 amide bonds. The Bertz CT molecular complexity index is 393. The van der Waals surface area contributed by atoms with Crippen molar-refractivity contribution in [3.05, 3.63) is 24.0 Å². The molecule has 0 radical (unpaired) electrons. The van der Waals surface area contributed by atoms with Gasteiger partial charge in [-0.3, -0.25) is 0 Å². The van der Waals surface area contributed by atoms with E-state index < -0.39 is 36.0 Å². The van der Waals surface area contributed by atoms with E-state index in [9.17, 15) is 30.0 Å². The minimum absolute atomic E-state index is 0. The Hall–Kier alpha value is 0.140. The quantitative estimate of drug-likeness (QED) is 0.298. The number of carboxylic acid groups (broad SMARTS) is 2. The first-order chi connectivity index (χ1) is 7.82. The molecular weight excluding hydrogens is 278 g/mol. The Kier molecular flexibility index (Phi) is 10.3. The van der Waals surface area contributed by atoms with Crippen molar-refractivity contribution in [2.45, 2.75) is 24.7 Å². The molecule has 0 saturated carbocycles. The number of aliphatic carboxylic acids is 2. The van der Waals surface area contributed by atoms with Gasteiger partial charge in [0.2, 0.25) is 0 Å². The van der Waals surface area contributed by atoms with E-state index in [4.69, 9.17) is 4.74 Å². The standard InChI is InChI=1S/C10H12O7.2Na/c1-4(9(13)14)17-7-3-5(10(15)16)2-6(11)8(7)12;;/h2,6-8,11-12H,1,3H2,(H,13,14)(H,15,16);;/q;2*+1/p-2/t6-,7-,8-;;/m1../s1. The predicted octanol–water partition coefficient (Wildman–Crippen LogP) is -9.56. The molecule has 3 atom stereocenters. The van der Waals surface area contributed by atoms with Crippen LogP contribution >= 0.6 is 0 Å². The van der Waals surface area contributed by atoms with E-state index in [1.54, 1.807) is 0 Å². The minimum atomic E-state index is -1.68. The molecule has 94 valence electrons. The molecule has 1 rings (SSSR count). The van der Waals surface area contributed by atoms with Gasteiger partial charge in [-0.15, -0.1) is 0 Å². The third-order valence-electron chi connectivity index (χ3n) is 2.31. The summed E-state index contributed by atoms with van der Waals surface area (Å²) in [7, 11) is 0. The predicted molar refractivity (Wildman–Crippen MR) is 48.7 cm³/mol. The molecule has 19 heavy (non-hydrogen) atoms. The maximum Gasteiger partial charge on any atom is 1.00 e. The Labute approximate surface area is 153 Å². The van der Waals surface area contributed by atoms with E-state index in [1.807, 2.05) is 0 Å². The smallest absolute Gasteiger partial charge is 0.545 e. The molecule has 9 heteroatoms. The zero-order chi connectivity index (χ0) is 13.2. The molecule has 0 fully saturated rings. The van der Waals surface area contributed by atoms with Gasteiger partial charge in [0.05, 0.1) is 5.97 Å². The van der Waals surface area contributed by atoms with Crippen LogP contribution in [-0.2, 0) is 14.3 Å². The normalized spacial score (nSPS) is 25.2. The molecule has 0 spiro atoms. The van der Waals surface area contributed by atoms with Crippen LogP contribution in [0.3, 0.4) is 0 Å². The van der Waals surface area contributed by atoms with E-state index in [-0.39, 0.29) is 71.1 Å². The van der Waals surface area contributed by atoms with Crippen molar-refractivity contribution >= 4 is 11.9 Å². The number of hydrogen-bond acceptors (Lipinski definition) is 7. The third kappa shape index (κ3) is 5.97. The summed E-state index contributed by atoms with van der Waals surface area (Å²) in [6.07, 6.45) is -3.53. The molecule has 0 aromatic carbocycles. The molecule has 0 heterocycles. The molecule has 0 aromatic rings. The summed E-state index contributed by atoms with van der Waals surface area (Å²) in [5.41, 5.74) is -0.279. The second-order valence-corrected chi connectivity index (χ2v) is 3.53. The fourth-order valence-corrected chi connectivity index (χ4v) is 1.42. The summed E-state index contributed by atoms with van der Waals surface area (Å²) in [5.74, 6) is -3.96. The zero-order valence-electron chi connectivity index (χ0n) is 10.7. The van der Waals surface area contributed by atoms with Crippen molar-refractivity contribution in [2.24, 2.45) is 0 Å². The van der Waals surface area contributed by atoms with Gasteiger partial charge in [-0.05, 0) is 11.6 Å². The summed E-state index contributed by atoms with van der Waals surface area (Å²) >= 11 is 0. The van der Waals surface area contributed by atoms with Gasteiger partial charge in [-0.25, -0.2) is 0 Å². The van der Waals surface area contributed by atoms with Crippen molar-refractivity contribution in [3.63, 3.8) is 0 Å². The Morgan fingerprint density at radius 3 is 2.26 bits per heavy atom. The van der Waals surface area contributed by atoms with E-state index in [0.29, 0.717) is 0 Å². The van der Waals surface area contributed by atoms with Gasteiger partial charge in [-0.2, -0.15) is 0 Å². The monoisotopic (exact) mass is 288 g/mol. The first kappa shape index (κ1) is 21.4. The number of carbonyl (C=O) groups excluding carboxylic acids is 2. The molecule has 0 aliphatic heterocycles. The van der Waals surface area contributed by atoms with Gasteiger partial charge in [0, 0.05) is 6.42 Å². The summed E-state index contributed by atoms with van der Waals surface area (Å²) in [4.78, 5) is 20.9.